The van der Waals surface area contributed by atoms with E-state index in [0.29, 0.717) is 13.1 Å². The first-order valence-corrected chi connectivity index (χ1v) is 10.4. The fraction of sp³-hybridized carbons (Fsp3) is 0.278. The normalized spacial score (nSPS) is 15.6. The van der Waals surface area contributed by atoms with Crippen molar-refractivity contribution in [3.8, 4) is 5.75 Å². The third-order valence-corrected chi connectivity index (χ3v) is 6.88. The van der Waals surface area contributed by atoms with Crippen molar-refractivity contribution in [2.45, 2.75) is 24.2 Å². The van der Waals surface area contributed by atoms with Crippen molar-refractivity contribution in [1.29, 1.82) is 0 Å². The van der Waals surface area contributed by atoms with Crippen LogP contribution in [-0.2, 0) is 10.0 Å². The Balaban J connectivity index is 1.76. The summed E-state index contributed by atoms with van der Waals surface area (Å²) in [6.07, 6.45) is 2.77. The van der Waals surface area contributed by atoms with Crippen LogP contribution < -0.4 is 4.74 Å². The first-order chi connectivity index (χ1) is 12.4. The molecule has 5 nitrogen and oxygen atoms in total. The Hall–Kier alpha value is -1.60. The molecule has 1 aliphatic heterocycles. The first-order valence-electron chi connectivity index (χ1n) is 8.16. The van der Waals surface area contributed by atoms with Crippen molar-refractivity contribution in [3.05, 3.63) is 58.1 Å². The number of piperidine rings is 1. The van der Waals surface area contributed by atoms with Crippen LogP contribution in [0.25, 0.3) is 0 Å². The van der Waals surface area contributed by atoms with Crippen molar-refractivity contribution in [2.24, 2.45) is 0 Å². The minimum Gasteiger partial charge on any atom is -0.421 e. The highest BCUT2D eigenvalue weighted by Crippen LogP contribution is 2.32. The second-order valence-corrected chi connectivity index (χ2v) is 8.65. The van der Waals surface area contributed by atoms with Crippen LogP contribution >= 0.6 is 23.2 Å². The topological polar surface area (TPSA) is 63.7 Å². The number of benzene rings is 2. The van der Waals surface area contributed by atoms with Crippen LogP contribution in [0.2, 0.25) is 10.0 Å². The summed E-state index contributed by atoms with van der Waals surface area (Å²) in [4.78, 5) is 12.4. The van der Waals surface area contributed by atoms with Gasteiger partial charge in [-0.15, -0.1) is 0 Å². The number of ether oxygens (including phenoxy) is 1. The number of esters is 1. The Morgan fingerprint density at radius 2 is 1.62 bits per heavy atom. The molecule has 3 rings (SSSR count). The Morgan fingerprint density at radius 3 is 2.27 bits per heavy atom. The molecule has 1 fully saturated rings. The summed E-state index contributed by atoms with van der Waals surface area (Å²) in [5, 5.41) is 0.423. The molecule has 0 aromatic heterocycles. The van der Waals surface area contributed by atoms with E-state index in [1.807, 2.05) is 0 Å². The molecule has 0 saturated carbocycles. The second kappa shape index (κ2) is 7.96. The summed E-state index contributed by atoms with van der Waals surface area (Å²) in [6.45, 7) is 1.05. The lowest BCUT2D eigenvalue weighted by Gasteiger charge is -2.25. The van der Waals surface area contributed by atoms with Crippen molar-refractivity contribution in [3.63, 3.8) is 0 Å². The van der Waals surface area contributed by atoms with Gasteiger partial charge in [-0.25, -0.2) is 13.2 Å². The summed E-state index contributed by atoms with van der Waals surface area (Å²) < 4.78 is 32.0. The molecule has 1 saturated heterocycles. The maximum atomic E-state index is 12.6. The summed E-state index contributed by atoms with van der Waals surface area (Å²) in [5.74, 6) is -0.495. The number of halogens is 2. The van der Waals surface area contributed by atoms with E-state index in [0.717, 1.165) is 19.3 Å². The highest BCUT2D eigenvalue weighted by molar-refractivity contribution is 7.89. The monoisotopic (exact) mass is 413 g/mol. The summed E-state index contributed by atoms with van der Waals surface area (Å²) in [7, 11) is -3.53. The number of nitrogens with zero attached hydrogens (tertiary/aromatic N) is 1. The maximum Gasteiger partial charge on any atom is 0.343 e. The van der Waals surface area contributed by atoms with E-state index < -0.39 is 16.0 Å². The number of hydrogen-bond donors (Lipinski definition) is 0. The molecule has 0 radical (unpaired) electrons. The molecule has 8 heteroatoms. The molecule has 1 heterocycles. The standard InChI is InChI=1S/C18H17Cl2NO4S/c19-15-5-4-6-16(17(15)20)25-18(22)13-7-9-14(10-8-13)26(23,24)21-11-2-1-3-12-21/h4-10H,1-3,11-12H2. The Labute approximate surface area is 162 Å². The summed E-state index contributed by atoms with van der Waals surface area (Å²) in [5.41, 5.74) is 0.221. The fourth-order valence-electron chi connectivity index (χ4n) is 2.74. The lowest BCUT2D eigenvalue weighted by atomic mass is 10.2. The number of carbonyl (C=O) groups excluding carboxylic acids is 1. The minimum atomic E-state index is -3.53. The Morgan fingerprint density at radius 1 is 0.962 bits per heavy atom. The van der Waals surface area contributed by atoms with Crippen molar-refractivity contribution < 1.29 is 17.9 Å². The number of hydrogen-bond acceptors (Lipinski definition) is 4. The minimum absolute atomic E-state index is 0.145. The highest BCUT2D eigenvalue weighted by atomic mass is 35.5. The van der Waals surface area contributed by atoms with Gasteiger partial charge in [-0.3, -0.25) is 0 Å². The molecular formula is C18H17Cl2NO4S. The average Bonchev–Trinajstić information content (AvgIpc) is 2.66. The molecule has 0 bridgehead atoms. The van der Waals surface area contributed by atoms with Crippen LogP contribution in [0.3, 0.4) is 0 Å². The van der Waals surface area contributed by atoms with E-state index in [2.05, 4.69) is 0 Å². The predicted molar refractivity (Wildman–Crippen MR) is 100 cm³/mol. The maximum absolute atomic E-state index is 12.6. The summed E-state index contributed by atoms with van der Waals surface area (Å²) >= 11 is 11.9. The number of carbonyl (C=O) groups is 1. The molecule has 0 N–H and O–H groups in total. The van der Waals surface area contributed by atoms with Crippen LogP contribution in [0.5, 0.6) is 5.75 Å². The smallest absolute Gasteiger partial charge is 0.343 e. The van der Waals surface area contributed by atoms with Gasteiger partial charge in [-0.05, 0) is 49.2 Å². The van der Waals surface area contributed by atoms with Crippen molar-refractivity contribution in [2.75, 3.05) is 13.1 Å². The van der Waals surface area contributed by atoms with Gasteiger partial charge in [0.05, 0.1) is 15.5 Å². The van der Waals surface area contributed by atoms with Gasteiger partial charge in [0, 0.05) is 13.1 Å². The molecule has 26 heavy (non-hydrogen) atoms. The van der Waals surface area contributed by atoms with Crippen LogP contribution in [-0.4, -0.2) is 31.8 Å². The van der Waals surface area contributed by atoms with E-state index in [4.69, 9.17) is 27.9 Å². The zero-order valence-electron chi connectivity index (χ0n) is 13.8. The molecule has 0 unspecified atom stereocenters. The van der Waals surface area contributed by atoms with Gasteiger partial charge in [0.2, 0.25) is 10.0 Å². The van der Waals surface area contributed by atoms with E-state index in [9.17, 15) is 13.2 Å². The van der Waals surface area contributed by atoms with Gasteiger partial charge in [-0.1, -0.05) is 35.7 Å². The number of sulfonamides is 1. The van der Waals surface area contributed by atoms with E-state index in [1.54, 1.807) is 12.1 Å². The summed E-state index contributed by atoms with van der Waals surface area (Å²) in [6, 6.07) is 10.4. The molecule has 2 aromatic rings. The van der Waals surface area contributed by atoms with Gasteiger partial charge in [0.1, 0.15) is 5.02 Å². The number of rotatable bonds is 4. The SMILES string of the molecule is O=C(Oc1cccc(Cl)c1Cl)c1ccc(S(=O)(=O)N2CCCCC2)cc1. The van der Waals surface area contributed by atoms with Crippen molar-refractivity contribution in [1.82, 2.24) is 4.31 Å². The zero-order chi connectivity index (χ0) is 18.7. The van der Waals surface area contributed by atoms with Crippen LogP contribution in [0.4, 0.5) is 0 Å². The largest absolute Gasteiger partial charge is 0.421 e. The molecule has 0 atom stereocenters. The molecule has 2 aromatic carbocycles. The lowest BCUT2D eigenvalue weighted by molar-refractivity contribution is 0.0735. The fourth-order valence-corrected chi connectivity index (χ4v) is 4.59. The third-order valence-electron chi connectivity index (χ3n) is 4.16. The van der Waals surface area contributed by atoms with Gasteiger partial charge in [0.15, 0.2) is 5.75 Å². The average molecular weight is 414 g/mol. The van der Waals surface area contributed by atoms with E-state index in [-0.39, 0.29) is 26.3 Å². The quantitative estimate of drug-likeness (QED) is 0.550. The Bertz CT molecular complexity index is 907. The third kappa shape index (κ3) is 4.04. The zero-order valence-corrected chi connectivity index (χ0v) is 16.1. The molecule has 1 aliphatic rings. The Kier molecular flexibility index (Phi) is 5.87. The van der Waals surface area contributed by atoms with Crippen LogP contribution in [0.1, 0.15) is 29.6 Å². The van der Waals surface area contributed by atoms with Crippen LogP contribution in [0.15, 0.2) is 47.4 Å². The van der Waals surface area contributed by atoms with Crippen molar-refractivity contribution >= 4 is 39.2 Å². The molecule has 0 amide bonds. The second-order valence-electron chi connectivity index (χ2n) is 5.93. The van der Waals surface area contributed by atoms with Gasteiger partial charge >= 0.3 is 5.97 Å². The molecule has 0 aliphatic carbocycles. The van der Waals surface area contributed by atoms with Gasteiger partial charge in [0.25, 0.3) is 0 Å². The van der Waals surface area contributed by atoms with Gasteiger partial charge < -0.3 is 4.74 Å². The molecule has 138 valence electrons. The molecule has 0 spiro atoms. The van der Waals surface area contributed by atoms with E-state index in [1.165, 1.54) is 34.6 Å². The predicted octanol–water partition coefficient (Wildman–Crippen LogP) is 4.39. The molecular weight excluding hydrogens is 397 g/mol. The lowest BCUT2D eigenvalue weighted by Crippen LogP contribution is -2.35. The first kappa shape index (κ1) is 19.2. The van der Waals surface area contributed by atoms with Crippen LogP contribution in [0, 0.1) is 0 Å². The highest BCUT2D eigenvalue weighted by Gasteiger charge is 2.26. The van der Waals surface area contributed by atoms with Gasteiger partial charge in [-0.2, -0.15) is 4.31 Å². The van der Waals surface area contributed by atoms with E-state index >= 15 is 0 Å².